The summed E-state index contributed by atoms with van der Waals surface area (Å²) in [7, 11) is 1.68. The first-order valence-corrected chi connectivity index (χ1v) is 6.33. The molecule has 0 aliphatic carbocycles. The Bertz CT molecular complexity index is 424. The van der Waals surface area contributed by atoms with Gasteiger partial charge in [-0.1, -0.05) is 32.9 Å². The molecule has 1 N–H and O–H groups in total. The van der Waals surface area contributed by atoms with E-state index in [2.05, 4.69) is 32.2 Å². The molecule has 0 unspecified atom stereocenters. The lowest BCUT2D eigenvalue weighted by atomic mass is 9.85. The number of methoxy groups -OCH3 is 1. The van der Waals surface area contributed by atoms with Crippen LogP contribution in [0, 0.1) is 0 Å². The second kappa shape index (κ2) is 6.10. The van der Waals surface area contributed by atoms with E-state index < -0.39 is 5.37 Å². The SMILES string of the molecule is COc1ccc(CCNC(=O)Cl)cc1C(C)(C)C. The van der Waals surface area contributed by atoms with Crippen LogP contribution in [0.3, 0.4) is 0 Å². The zero-order valence-electron chi connectivity index (χ0n) is 11.3. The van der Waals surface area contributed by atoms with Gasteiger partial charge < -0.3 is 10.1 Å². The van der Waals surface area contributed by atoms with E-state index in [1.165, 1.54) is 5.56 Å². The van der Waals surface area contributed by atoms with Crippen LogP contribution in [0.5, 0.6) is 5.75 Å². The Hall–Kier alpha value is -1.22. The molecule has 0 fully saturated rings. The Kier molecular flexibility index (Phi) is 5.03. The highest BCUT2D eigenvalue weighted by molar-refractivity contribution is 6.62. The maximum atomic E-state index is 10.6. The summed E-state index contributed by atoms with van der Waals surface area (Å²) in [6, 6.07) is 6.10. The number of carbonyl (C=O) groups is 1. The Morgan fingerprint density at radius 3 is 2.56 bits per heavy atom. The van der Waals surface area contributed by atoms with Crippen molar-refractivity contribution in [3.63, 3.8) is 0 Å². The predicted molar refractivity (Wildman–Crippen MR) is 74.6 cm³/mol. The first-order valence-electron chi connectivity index (χ1n) is 5.95. The lowest BCUT2D eigenvalue weighted by Gasteiger charge is -2.23. The predicted octanol–water partition coefficient (Wildman–Crippen LogP) is 3.48. The van der Waals surface area contributed by atoms with Crippen molar-refractivity contribution in [2.24, 2.45) is 0 Å². The van der Waals surface area contributed by atoms with Gasteiger partial charge >= 0.3 is 5.37 Å². The molecular weight excluding hydrogens is 250 g/mol. The Balaban J connectivity index is 2.86. The van der Waals surface area contributed by atoms with Gasteiger partial charge in [-0.3, -0.25) is 4.79 Å². The van der Waals surface area contributed by atoms with Crippen molar-refractivity contribution in [3.05, 3.63) is 29.3 Å². The van der Waals surface area contributed by atoms with E-state index in [1.54, 1.807) is 7.11 Å². The average molecular weight is 270 g/mol. The van der Waals surface area contributed by atoms with Gasteiger partial charge in [-0.05, 0) is 40.6 Å². The van der Waals surface area contributed by atoms with Crippen LogP contribution in [0.15, 0.2) is 18.2 Å². The van der Waals surface area contributed by atoms with Crippen LogP contribution in [-0.4, -0.2) is 19.0 Å². The molecule has 1 aromatic rings. The van der Waals surface area contributed by atoms with Gasteiger partial charge in [0.2, 0.25) is 0 Å². The van der Waals surface area contributed by atoms with Crippen molar-refractivity contribution in [2.45, 2.75) is 32.6 Å². The van der Waals surface area contributed by atoms with Gasteiger partial charge in [0.25, 0.3) is 0 Å². The van der Waals surface area contributed by atoms with Crippen molar-refractivity contribution < 1.29 is 9.53 Å². The zero-order valence-corrected chi connectivity index (χ0v) is 12.1. The molecule has 18 heavy (non-hydrogen) atoms. The fourth-order valence-corrected chi connectivity index (χ4v) is 1.90. The van der Waals surface area contributed by atoms with E-state index in [-0.39, 0.29) is 5.41 Å². The van der Waals surface area contributed by atoms with E-state index in [0.717, 1.165) is 17.7 Å². The number of nitrogens with one attached hydrogen (secondary N) is 1. The molecule has 0 saturated carbocycles. The second-order valence-corrected chi connectivity index (χ2v) is 5.58. The van der Waals surface area contributed by atoms with Crippen molar-refractivity contribution >= 4 is 17.0 Å². The molecule has 100 valence electrons. The molecule has 3 nitrogen and oxygen atoms in total. The first-order chi connectivity index (χ1) is 8.34. The van der Waals surface area contributed by atoms with Gasteiger partial charge in [0.05, 0.1) is 7.11 Å². The summed E-state index contributed by atoms with van der Waals surface area (Å²) in [5, 5.41) is 2.06. The van der Waals surface area contributed by atoms with Gasteiger partial charge in [-0.15, -0.1) is 0 Å². The molecule has 1 aromatic carbocycles. The number of benzene rings is 1. The average Bonchev–Trinajstić information content (AvgIpc) is 2.27. The summed E-state index contributed by atoms with van der Waals surface area (Å²) in [4.78, 5) is 10.6. The molecule has 0 radical (unpaired) electrons. The highest BCUT2D eigenvalue weighted by Crippen LogP contribution is 2.32. The summed E-state index contributed by atoms with van der Waals surface area (Å²) in [5.41, 5.74) is 2.35. The van der Waals surface area contributed by atoms with E-state index >= 15 is 0 Å². The number of rotatable bonds is 4. The first kappa shape index (κ1) is 14.8. The smallest absolute Gasteiger partial charge is 0.313 e. The second-order valence-electron chi connectivity index (χ2n) is 5.24. The molecule has 1 amide bonds. The normalized spacial score (nSPS) is 11.2. The van der Waals surface area contributed by atoms with E-state index in [0.29, 0.717) is 6.54 Å². The quantitative estimate of drug-likeness (QED) is 0.671. The van der Waals surface area contributed by atoms with Gasteiger partial charge in [-0.2, -0.15) is 0 Å². The largest absolute Gasteiger partial charge is 0.496 e. The molecule has 0 atom stereocenters. The van der Waals surface area contributed by atoms with Crippen molar-refractivity contribution in [1.82, 2.24) is 5.32 Å². The molecule has 1 rings (SSSR count). The number of ether oxygens (including phenoxy) is 1. The maximum Gasteiger partial charge on any atom is 0.313 e. The number of halogens is 1. The topological polar surface area (TPSA) is 38.3 Å². The lowest BCUT2D eigenvalue weighted by molar-refractivity contribution is 0.260. The number of hydrogen-bond donors (Lipinski definition) is 1. The summed E-state index contributed by atoms with van der Waals surface area (Å²) >= 11 is 5.23. The third kappa shape index (κ3) is 4.22. The highest BCUT2D eigenvalue weighted by atomic mass is 35.5. The Labute approximate surface area is 113 Å². The molecular formula is C14H20ClNO2. The maximum absolute atomic E-state index is 10.6. The minimum absolute atomic E-state index is 0.0249. The van der Waals surface area contributed by atoms with Crippen LogP contribution in [-0.2, 0) is 11.8 Å². The van der Waals surface area contributed by atoms with Gasteiger partial charge in [0, 0.05) is 6.54 Å². The minimum Gasteiger partial charge on any atom is -0.496 e. The van der Waals surface area contributed by atoms with Crippen LogP contribution in [0.1, 0.15) is 31.9 Å². The monoisotopic (exact) mass is 269 g/mol. The molecule has 0 aromatic heterocycles. The van der Waals surface area contributed by atoms with E-state index in [9.17, 15) is 4.79 Å². The third-order valence-corrected chi connectivity index (χ3v) is 2.88. The lowest BCUT2D eigenvalue weighted by Crippen LogP contribution is -2.20. The van der Waals surface area contributed by atoms with Gasteiger partial charge in [-0.25, -0.2) is 0 Å². The van der Waals surface area contributed by atoms with Gasteiger partial charge in [0.1, 0.15) is 5.75 Å². The molecule has 0 saturated heterocycles. The van der Waals surface area contributed by atoms with Crippen molar-refractivity contribution in [1.29, 1.82) is 0 Å². The molecule has 0 heterocycles. The molecule has 4 heteroatoms. The van der Waals surface area contributed by atoms with Crippen molar-refractivity contribution in [2.75, 3.05) is 13.7 Å². The minimum atomic E-state index is -0.514. The van der Waals surface area contributed by atoms with E-state index in [4.69, 9.17) is 16.3 Å². The molecule has 0 aliphatic rings. The van der Waals surface area contributed by atoms with Crippen LogP contribution in [0.25, 0.3) is 0 Å². The third-order valence-electron chi connectivity index (χ3n) is 2.75. The fourth-order valence-electron chi connectivity index (χ4n) is 1.80. The van der Waals surface area contributed by atoms with Gasteiger partial charge in [0.15, 0.2) is 0 Å². The standard InChI is InChI=1S/C14H20ClNO2/c1-14(2,3)11-9-10(5-6-12(11)18-4)7-8-16-13(15)17/h5-6,9H,7-8H2,1-4H3,(H,16,17). The summed E-state index contributed by atoms with van der Waals surface area (Å²) in [6.45, 7) is 6.98. The van der Waals surface area contributed by atoms with Crippen LogP contribution in [0.2, 0.25) is 0 Å². The van der Waals surface area contributed by atoms with Crippen LogP contribution < -0.4 is 10.1 Å². The fraction of sp³-hybridized carbons (Fsp3) is 0.500. The van der Waals surface area contributed by atoms with Crippen LogP contribution >= 0.6 is 11.6 Å². The van der Waals surface area contributed by atoms with Crippen LogP contribution in [0.4, 0.5) is 4.79 Å². The van der Waals surface area contributed by atoms with Crippen molar-refractivity contribution in [3.8, 4) is 5.75 Å². The summed E-state index contributed by atoms with van der Waals surface area (Å²) in [6.07, 6.45) is 0.755. The Morgan fingerprint density at radius 1 is 1.39 bits per heavy atom. The number of carbonyl (C=O) groups excluding carboxylic acids is 1. The summed E-state index contributed by atoms with van der Waals surface area (Å²) < 4.78 is 5.38. The number of amides is 1. The number of hydrogen-bond acceptors (Lipinski definition) is 2. The Morgan fingerprint density at radius 2 is 2.06 bits per heavy atom. The van der Waals surface area contributed by atoms with E-state index in [1.807, 2.05) is 12.1 Å². The molecule has 0 spiro atoms. The molecule has 0 bridgehead atoms. The molecule has 0 aliphatic heterocycles. The highest BCUT2D eigenvalue weighted by Gasteiger charge is 2.19. The zero-order chi connectivity index (χ0) is 13.8. The summed E-state index contributed by atoms with van der Waals surface area (Å²) in [5.74, 6) is 0.896.